The Hall–Kier alpha value is 0.515. The predicted molar refractivity (Wildman–Crippen MR) is 67.2 cm³/mol. The van der Waals surface area contributed by atoms with Crippen LogP contribution >= 0.6 is 43.1 Å². The van der Waals surface area contributed by atoms with Crippen molar-refractivity contribution in [2.75, 3.05) is 7.05 Å². The molecule has 0 heterocycles. The fourth-order valence-corrected chi connectivity index (χ4v) is 3.11. The van der Waals surface area contributed by atoms with Crippen molar-refractivity contribution >= 4 is 58.5 Å². The lowest BCUT2D eigenvalue weighted by atomic mass is 10.3. The minimum atomic E-state index is -0.955. The van der Waals surface area contributed by atoms with Gasteiger partial charge in [-0.3, -0.25) is 9.59 Å². The second-order valence-electron chi connectivity index (χ2n) is 2.19. The van der Waals surface area contributed by atoms with Crippen LogP contribution in [-0.2, 0) is 9.59 Å². The average Bonchev–Trinajstić information content (AvgIpc) is 2.00. The lowest BCUT2D eigenvalue weighted by molar-refractivity contribution is -0.138. The molecule has 0 radical (unpaired) electrons. The fourth-order valence-electron chi connectivity index (χ4n) is 0.679. The van der Waals surface area contributed by atoms with Gasteiger partial charge in [0.1, 0.15) is 0 Å². The number of halogens is 1. The molecule has 1 amide bonds. The minimum Gasteiger partial charge on any atom is -0.481 e. The van der Waals surface area contributed by atoms with E-state index in [1.165, 1.54) is 18.7 Å². The van der Waals surface area contributed by atoms with Crippen molar-refractivity contribution in [1.29, 1.82) is 0 Å². The molecular weight excluding hydrogens is 323 g/mol. The van der Waals surface area contributed by atoms with Crippen molar-refractivity contribution < 1.29 is 14.7 Å². The molecule has 0 rings (SSSR count). The molecule has 2 unspecified atom stereocenters. The molecule has 0 aliphatic heterocycles. The number of carboxylic acid groups (broad SMARTS) is 1. The Balaban J connectivity index is 4.18. The average molecular weight is 333 g/mol. The van der Waals surface area contributed by atoms with Crippen molar-refractivity contribution in [3.63, 3.8) is 0 Å². The van der Waals surface area contributed by atoms with E-state index in [-0.39, 0.29) is 15.9 Å². The SMILES string of the molecule is CNC(=O)C(CC(=O)O)SB(P)I. The molecule has 0 aromatic heterocycles. The molecule has 4 nitrogen and oxygen atoms in total. The first-order valence-corrected chi connectivity index (χ1v) is 6.31. The molecule has 8 heteroatoms. The van der Waals surface area contributed by atoms with E-state index < -0.39 is 11.2 Å². The van der Waals surface area contributed by atoms with E-state index in [2.05, 4.69) is 36.8 Å². The van der Waals surface area contributed by atoms with Gasteiger partial charge in [-0.2, -0.15) is 11.6 Å². The summed E-state index contributed by atoms with van der Waals surface area (Å²) in [6, 6.07) is 0. The predicted octanol–water partition coefficient (Wildman–Crippen LogP) is 0.604. The number of aliphatic carboxylic acids is 1. The monoisotopic (exact) mass is 333 g/mol. The Morgan fingerprint density at radius 1 is 1.77 bits per heavy atom. The van der Waals surface area contributed by atoms with Crippen LogP contribution in [0.25, 0.3) is 0 Å². The number of hydrogen-bond acceptors (Lipinski definition) is 3. The fraction of sp³-hybridized carbons (Fsp3) is 0.600. The molecule has 0 bridgehead atoms. The molecule has 0 saturated heterocycles. The van der Waals surface area contributed by atoms with Gasteiger partial charge < -0.3 is 10.4 Å². The van der Waals surface area contributed by atoms with Gasteiger partial charge >= 0.3 is 9.54 Å². The molecule has 74 valence electrons. The second kappa shape index (κ2) is 6.89. The summed E-state index contributed by atoms with van der Waals surface area (Å²) >= 11 is 3.42. The van der Waals surface area contributed by atoms with Gasteiger partial charge in [0.2, 0.25) is 5.91 Å². The summed E-state index contributed by atoms with van der Waals surface area (Å²) < 4.78 is 0.138. The van der Waals surface area contributed by atoms with Gasteiger partial charge in [-0.1, -0.05) is 0 Å². The van der Waals surface area contributed by atoms with E-state index in [1.54, 1.807) is 0 Å². The Labute approximate surface area is 97.0 Å². The van der Waals surface area contributed by atoms with E-state index in [1.807, 2.05) is 0 Å². The molecule has 0 aromatic carbocycles. The minimum absolute atomic E-state index is 0.138. The van der Waals surface area contributed by atoms with E-state index in [0.29, 0.717) is 0 Å². The number of rotatable bonds is 5. The molecule has 13 heavy (non-hydrogen) atoms. The zero-order chi connectivity index (χ0) is 10.4. The van der Waals surface area contributed by atoms with Crippen LogP contribution in [0.15, 0.2) is 0 Å². The van der Waals surface area contributed by atoms with Gasteiger partial charge in [0.25, 0.3) is 0 Å². The van der Waals surface area contributed by atoms with Gasteiger partial charge in [0, 0.05) is 7.05 Å². The molecule has 0 aromatic rings. The first-order chi connectivity index (χ1) is 5.97. The molecular formula is C5H10BINO3PS. The quantitative estimate of drug-likeness (QED) is 0.440. The number of carbonyl (C=O) groups is 2. The van der Waals surface area contributed by atoms with Crippen molar-refractivity contribution in [2.24, 2.45) is 0 Å². The summed E-state index contributed by atoms with van der Waals surface area (Å²) in [5.41, 5.74) is 0. The van der Waals surface area contributed by atoms with Crippen LogP contribution in [0.1, 0.15) is 6.42 Å². The molecule has 0 saturated carbocycles. The Kier molecular flexibility index (Phi) is 7.17. The van der Waals surface area contributed by atoms with Gasteiger partial charge in [-0.15, -0.1) is 31.5 Å². The van der Waals surface area contributed by atoms with Crippen molar-refractivity contribution in [3.05, 3.63) is 0 Å². The normalized spacial score (nSPS) is 11.9. The topological polar surface area (TPSA) is 66.4 Å². The van der Waals surface area contributed by atoms with Gasteiger partial charge in [-0.25, -0.2) is 0 Å². The lowest BCUT2D eigenvalue weighted by Crippen LogP contribution is -2.32. The first-order valence-electron chi connectivity index (χ1n) is 3.46. The summed E-state index contributed by atoms with van der Waals surface area (Å²) in [7, 11) is 4.01. The lowest BCUT2D eigenvalue weighted by Gasteiger charge is -2.12. The van der Waals surface area contributed by atoms with Crippen molar-refractivity contribution in [2.45, 2.75) is 11.7 Å². The smallest absolute Gasteiger partial charge is 0.304 e. The second-order valence-corrected chi connectivity index (χ2v) is 8.23. The number of hydrogen-bond donors (Lipinski definition) is 2. The number of nitrogens with one attached hydrogen (secondary N) is 1. The van der Waals surface area contributed by atoms with E-state index in [0.717, 1.165) is 0 Å². The summed E-state index contributed by atoms with van der Waals surface area (Å²) in [4.78, 5) is 21.6. The van der Waals surface area contributed by atoms with Crippen LogP contribution in [0.3, 0.4) is 0 Å². The maximum Gasteiger partial charge on any atom is 0.304 e. The third-order valence-corrected chi connectivity index (χ3v) is 3.51. The van der Waals surface area contributed by atoms with Crippen molar-refractivity contribution in [3.8, 4) is 0 Å². The summed E-state index contributed by atoms with van der Waals surface area (Å²) in [5.74, 6) is -1.19. The maximum absolute atomic E-state index is 11.2. The summed E-state index contributed by atoms with van der Waals surface area (Å²) in [6.45, 7) is 0. The highest BCUT2D eigenvalue weighted by Gasteiger charge is 2.23. The Morgan fingerprint density at radius 3 is 2.62 bits per heavy atom. The molecule has 0 fully saturated rings. The van der Waals surface area contributed by atoms with Crippen LogP contribution in [0, 0.1) is 0 Å². The van der Waals surface area contributed by atoms with Crippen LogP contribution in [0.4, 0.5) is 0 Å². The molecule has 0 aliphatic carbocycles. The Bertz CT molecular complexity index is 206. The highest BCUT2D eigenvalue weighted by atomic mass is 127. The number of amides is 1. The summed E-state index contributed by atoms with van der Waals surface area (Å²) in [5, 5.41) is 10.5. The maximum atomic E-state index is 11.2. The standard InChI is InChI=1S/C5H10BINO3PS/c1-8-5(11)3(2-4(9)10)13-6(7)12/h3H,2,12H2,1H3,(H,8,11)(H,9,10). The van der Waals surface area contributed by atoms with E-state index >= 15 is 0 Å². The zero-order valence-corrected chi connectivity index (χ0v) is 11.1. The van der Waals surface area contributed by atoms with Gasteiger partial charge in [0.15, 0.2) is 0 Å². The highest BCUT2D eigenvalue weighted by Crippen LogP contribution is 2.26. The molecule has 0 spiro atoms. The number of carbonyl (C=O) groups excluding carboxylic acids is 1. The van der Waals surface area contributed by atoms with Crippen LogP contribution in [0.2, 0.25) is 0 Å². The third-order valence-electron chi connectivity index (χ3n) is 1.19. The van der Waals surface area contributed by atoms with Gasteiger partial charge in [0.05, 0.1) is 11.7 Å². The Morgan fingerprint density at radius 2 is 2.31 bits per heavy atom. The number of carboxylic acids is 1. The summed E-state index contributed by atoms with van der Waals surface area (Å²) in [6.07, 6.45) is -0.141. The third kappa shape index (κ3) is 6.57. The van der Waals surface area contributed by atoms with Crippen LogP contribution in [0.5, 0.6) is 0 Å². The largest absolute Gasteiger partial charge is 0.481 e. The molecule has 2 N–H and O–H groups in total. The van der Waals surface area contributed by atoms with Crippen LogP contribution < -0.4 is 5.32 Å². The van der Waals surface area contributed by atoms with E-state index in [4.69, 9.17) is 5.11 Å². The molecule has 2 atom stereocenters. The highest BCUT2D eigenvalue weighted by molar-refractivity contribution is 14.1. The van der Waals surface area contributed by atoms with Crippen LogP contribution in [-0.4, -0.2) is 32.8 Å². The van der Waals surface area contributed by atoms with Crippen molar-refractivity contribution in [1.82, 2.24) is 5.32 Å². The molecule has 0 aliphatic rings. The van der Waals surface area contributed by atoms with E-state index in [9.17, 15) is 9.59 Å². The first kappa shape index (κ1) is 13.5. The zero-order valence-electron chi connectivity index (χ0n) is 6.99. The van der Waals surface area contributed by atoms with Gasteiger partial charge in [-0.05, 0) is 0 Å².